The van der Waals surface area contributed by atoms with Crippen molar-refractivity contribution in [3.05, 3.63) is 99.0 Å². The monoisotopic (exact) mass is 572 g/mol. The Bertz CT molecular complexity index is 1820. The van der Waals surface area contributed by atoms with Gasteiger partial charge in [-0.25, -0.2) is 23.5 Å². The van der Waals surface area contributed by atoms with Crippen molar-refractivity contribution in [2.45, 2.75) is 32.1 Å². The van der Waals surface area contributed by atoms with Gasteiger partial charge in [-0.1, -0.05) is 6.07 Å². The molecule has 1 aliphatic rings. The molecule has 8 nitrogen and oxygen atoms in total. The number of carbonyl (C=O) groups is 1. The summed E-state index contributed by atoms with van der Waals surface area (Å²) in [4.78, 5) is 21.9. The first-order valence-corrected chi connectivity index (χ1v) is 13.6. The van der Waals surface area contributed by atoms with E-state index < -0.39 is 17.6 Å². The van der Waals surface area contributed by atoms with Crippen molar-refractivity contribution in [3.63, 3.8) is 0 Å². The molecule has 0 aliphatic carbocycles. The molecule has 1 fully saturated rings. The molecule has 5 aromatic rings. The number of carboxylic acid groups (broad SMARTS) is 1. The van der Waals surface area contributed by atoms with Gasteiger partial charge in [0.1, 0.15) is 35.0 Å². The Morgan fingerprint density at radius 1 is 1.15 bits per heavy atom. The highest BCUT2D eigenvalue weighted by atomic mass is 32.1. The zero-order chi connectivity index (χ0) is 28.5. The van der Waals surface area contributed by atoms with Gasteiger partial charge in [0, 0.05) is 29.5 Å². The first kappa shape index (κ1) is 26.6. The first-order valence-electron chi connectivity index (χ1n) is 12.8. The number of nitrogens with zero attached hydrogens (tertiary/aromatic N) is 4. The summed E-state index contributed by atoms with van der Waals surface area (Å²) in [6.07, 6.45) is 0.784. The highest BCUT2D eigenvalue weighted by Gasteiger charge is 2.23. The van der Waals surface area contributed by atoms with Crippen LogP contribution in [0.3, 0.4) is 0 Å². The Kier molecular flexibility index (Phi) is 7.17. The molecule has 11 heteroatoms. The van der Waals surface area contributed by atoms with Crippen molar-refractivity contribution in [2.75, 3.05) is 6.61 Å². The number of nitriles is 1. The molecule has 0 bridgehead atoms. The van der Waals surface area contributed by atoms with Crippen LogP contribution in [-0.4, -0.2) is 38.3 Å². The fourth-order valence-electron chi connectivity index (χ4n) is 4.67. The molecule has 1 saturated heterocycles. The van der Waals surface area contributed by atoms with E-state index in [4.69, 9.17) is 14.7 Å². The number of thiophene rings is 1. The second kappa shape index (κ2) is 11.1. The van der Waals surface area contributed by atoms with Gasteiger partial charge in [0.25, 0.3) is 0 Å². The van der Waals surface area contributed by atoms with Crippen LogP contribution in [0.2, 0.25) is 0 Å². The minimum Gasteiger partial charge on any atom is -0.478 e. The van der Waals surface area contributed by atoms with Crippen LogP contribution in [-0.2, 0) is 24.3 Å². The highest BCUT2D eigenvalue weighted by molar-refractivity contribution is 7.12. The lowest BCUT2D eigenvalue weighted by Crippen LogP contribution is -2.31. The summed E-state index contributed by atoms with van der Waals surface area (Å²) >= 11 is 1.31. The number of hydrogen-bond acceptors (Lipinski definition) is 7. The molecule has 0 radical (unpaired) electrons. The van der Waals surface area contributed by atoms with E-state index in [-0.39, 0.29) is 47.4 Å². The second-order valence-corrected chi connectivity index (χ2v) is 10.7. The van der Waals surface area contributed by atoms with Gasteiger partial charge >= 0.3 is 5.97 Å². The fourth-order valence-corrected chi connectivity index (χ4v) is 5.39. The average molecular weight is 573 g/mol. The molecule has 206 valence electrons. The number of hydrogen-bond donors (Lipinski definition) is 1. The summed E-state index contributed by atoms with van der Waals surface area (Å²) in [5.74, 6) is -1.62. The number of benzene rings is 2. The number of pyridine rings is 1. The van der Waals surface area contributed by atoms with Gasteiger partial charge in [-0.2, -0.15) is 5.26 Å². The Hall–Kier alpha value is -4.66. The lowest BCUT2D eigenvalue weighted by Gasteiger charge is -2.27. The van der Waals surface area contributed by atoms with Gasteiger partial charge < -0.3 is 19.1 Å². The maximum Gasteiger partial charge on any atom is 0.335 e. The molecule has 41 heavy (non-hydrogen) atoms. The normalized spacial score (nSPS) is 14.5. The van der Waals surface area contributed by atoms with E-state index >= 15 is 8.78 Å². The minimum absolute atomic E-state index is 0.00504. The third-order valence-corrected chi connectivity index (χ3v) is 7.84. The summed E-state index contributed by atoms with van der Waals surface area (Å²) in [6.45, 7) is 1.27. The van der Waals surface area contributed by atoms with Crippen LogP contribution in [0.1, 0.15) is 37.9 Å². The lowest BCUT2D eigenvalue weighted by atomic mass is 10.0. The van der Waals surface area contributed by atoms with E-state index in [9.17, 15) is 9.90 Å². The van der Waals surface area contributed by atoms with Crippen LogP contribution in [0.15, 0.2) is 60.7 Å². The maximum absolute atomic E-state index is 15.4. The molecule has 3 aromatic heterocycles. The summed E-state index contributed by atoms with van der Waals surface area (Å²) in [5, 5.41) is 18.4. The van der Waals surface area contributed by atoms with Gasteiger partial charge in [-0.3, -0.25) is 0 Å². The summed E-state index contributed by atoms with van der Waals surface area (Å²) in [5.41, 5.74) is 1.58. The SMILES string of the molecule is N#Cc1ccc(COc2cccc(-c3cc(F)c(Cc4nc5ccc(C(=O)O)cc5n4CC4CCO4)cc3F)n2)s1. The number of fused-ring (bicyclic) bond motifs is 1. The van der Waals surface area contributed by atoms with Gasteiger partial charge in [-0.05, 0) is 60.5 Å². The van der Waals surface area contributed by atoms with Gasteiger partial charge in [0.2, 0.25) is 5.88 Å². The van der Waals surface area contributed by atoms with Crippen molar-refractivity contribution < 1.29 is 28.2 Å². The highest BCUT2D eigenvalue weighted by Crippen LogP contribution is 2.29. The molecular weight excluding hydrogens is 550 g/mol. The number of halogens is 2. The molecule has 1 unspecified atom stereocenters. The largest absolute Gasteiger partial charge is 0.478 e. The van der Waals surface area contributed by atoms with E-state index in [1.165, 1.54) is 23.5 Å². The van der Waals surface area contributed by atoms with E-state index in [0.29, 0.717) is 34.9 Å². The molecule has 1 N–H and O–H groups in total. The Morgan fingerprint density at radius 3 is 2.73 bits per heavy atom. The number of ether oxygens (including phenoxy) is 2. The Balaban J connectivity index is 1.27. The van der Waals surface area contributed by atoms with Gasteiger partial charge in [-0.15, -0.1) is 11.3 Å². The van der Waals surface area contributed by atoms with Crippen LogP contribution >= 0.6 is 11.3 Å². The first-order chi connectivity index (χ1) is 19.9. The zero-order valence-electron chi connectivity index (χ0n) is 21.5. The third-order valence-electron chi connectivity index (χ3n) is 6.87. The van der Waals surface area contributed by atoms with E-state index in [2.05, 4.69) is 16.0 Å². The quantitative estimate of drug-likeness (QED) is 0.232. The molecule has 4 heterocycles. The van der Waals surface area contributed by atoms with Crippen molar-refractivity contribution in [1.82, 2.24) is 14.5 Å². The predicted octanol–water partition coefficient (Wildman–Crippen LogP) is 5.97. The average Bonchev–Trinajstić information content (AvgIpc) is 3.55. The van der Waals surface area contributed by atoms with Crippen molar-refractivity contribution in [2.24, 2.45) is 0 Å². The molecule has 0 amide bonds. The predicted molar refractivity (Wildman–Crippen MR) is 147 cm³/mol. The number of aromatic carboxylic acids is 1. The van der Waals surface area contributed by atoms with Gasteiger partial charge in [0.15, 0.2) is 0 Å². The summed E-state index contributed by atoms with van der Waals surface area (Å²) in [6, 6.07) is 17.3. The molecule has 1 atom stereocenters. The molecule has 0 saturated carbocycles. The molecule has 0 spiro atoms. The van der Waals surface area contributed by atoms with E-state index in [0.717, 1.165) is 23.4 Å². The Labute approximate surface area is 237 Å². The molecular formula is C30H22F2N4O4S. The van der Waals surface area contributed by atoms with Crippen molar-refractivity contribution >= 4 is 28.3 Å². The minimum atomic E-state index is -1.06. The van der Waals surface area contributed by atoms with E-state index in [1.54, 1.807) is 36.4 Å². The van der Waals surface area contributed by atoms with Crippen LogP contribution in [0, 0.1) is 23.0 Å². The van der Waals surface area contributed by atoms with Crippen LogP contribution < -0.4 is 4.74 Å². The van der Waals surface area contributed by atoms with Crippen molar-refractivity contribution in [1.29, 1.82) is 5.26 Å². The number of carboxylic acids is 1. The second-order valence-electron chi connectivity index (χ2n) is 9.56. The smallest absolute Gasteiger partial charge is 0.335 e. The lowest BCUT2D eigenvalue weighted by molar-refractivity contribution is -0.0589. The zero-order valence-corrected chi connectivity index (χ0v) is 22.3. The van der Waals surface area contributed by atoms with Crippen LogP contribution in [0.4, 0.5) is 8.78 Å². The molecule has 1 aliphatic heterocycles. The van der Waals surface area contributed by atoms with Gasteiger partial charge in [0.05, 0.1) is 34.9 Å². The third kappa shape index (κ3) is 5.52. The standard InChI is InChI=1S/C30H22F2N4O4S/c31-23-13-22(25-2-1-3-29(35-25)40-16-21-6-5-20(14-33)41-21)24(32)10-18(23)12-28-34-26-7-4-17(30(37)38)11-27(26)36(28)15-19-8-9-39-19/h1-7,10-11,13,19H,8-9,12,15-16H2,(H,37,38). The van der Waals surface area contributed by atoms with Crippen molar-refractivity contribution in [3.8, 4) is 23.2 Å². The molecule has 2 aromatic carbocycles. The number of imidazole rings is 1. The number of aromatic nitrogens is 3. The van der Waals surface area contributed by atoms with Crippen LogP contribution in [0.5, 0.6) is 5.88 Å². The van der Waals surface area contributed by atoms with E-state index in [1.807, 2.05) is 4.57 Å². The Morgan fingerprint density at radius 2 is 2.00 bits per heavy atom. The maximum atomic E-state index is 15.4. The number of rotatable bonds is 9. The summed E-state index contributed by atoms with van der Waals surface area (Å²) < 4.78 is 43.9. The topological polar surface area (TPSA) is 110 Å². The van der Waals surface area contributed by atoms with Crippen LogP contribution in [0.25, 0.3) is 22.3 Å². The molecule has 6 rings (SSSR count). The summed E-state index contributed by atoms with van der Waals surface area (Å²) in [7, 11) is 0. The fraction of sp³-hybridized carbons (Fsp3) is 0.200.